The Bertz CT molecular complexity index is 269. The Hall–Kier alpha value is -1.59. The van der Waals surface area contributed by atoms with Crippen LogP contribution in [0.15, 0.2) is 0 Å². The summed E-state index contributed by atoms with van der Waals surface area (Å²) in [5, 5.41) is 10.6. The SMILES string of the molecule is CC(C)(C)OC(=O)NC([C]=O)CCC(=O)O. The van der Waals surface area contributed by atoms with Crippen LogP contribution in [0.5, 0.6) is 0 Å². The summed E-state index contributed by atoms with van der Waals surface area (Å²) in [5.74, 6) is -1.04. The standard InChI is InChI=1S/C10H16NO5/c1-10(2,3)16-9(15)11-7(6-12)4-5-8(13)14/h7H,4-5H2,1-3H3,(H,11,15)(H,13,14). The molecule has 1 unspecified atom stereocenters. The molecule has 16 heavy (non-hydrogen) atoms. The van der Waals surface area contributed by atoms with E-state index in [9.17, 15) is 14.4 Å². The summed E-state index contributed by atoms with van der Waals surface area (Å²) < 4.78 is 4.90. The fraction of sp³-hybridized carbons (Fsp3) is 0.700. The number of nitrogens with one attached hydrogen (secondary N) is 1. The van der Waals surface area contributed by atoms with Crippen molar-refractivity contribution in [2.75, 3.05) is 0 Å². The van der Waals surface area contributed by atoms with Crippen LogP contribution in [-0.2, 0) is 14.3 Å². The van der Waals surface area contributed by atoms with Crippen molar-refractivity contribution >= 4 is 18.3 Å². The number of carboxylic acid groups (broad SMARTS) is 1. The molecule has 0 fully saturated rings. The summed E-state index contributed by atoms with van der Waals surface area (Å²) in [5.41, 5.74) is -0.662. The van der Waals surface area contributed by atoms with Crippen molar-refractivity contribution in [1.29, 1.82) is 0 Å². The average molecular weight is 230 g/mol. The van der Waals surface area contributed by atoms with Gasteiger partial charge in [0.2, 0.25) is 6.29 Å². The number of aliphatic carboxylic acids is 1. The highest BCUT2D eigenvalue weighted by atomic mass is 16.6. The minimum atomic E-state index is -1.04. The van der Waals surface area contributed by atoms with E-state index in [0.29, 0.717) is 0 Å². The zero-order chi connectivity index (χ0) is 12.8. The van der Waals surface area contributed by atoms with Gasteiger partial charge in [-0.25, -0.2) is 4.79 Å². The Morgan fingerprint density at radius 2 is 2.00 bits per heavy atom. The fourth-order valence-corrected chi connectivity index (χ4v) is 0.878. The number of carbonyl (C=O) groups excluding carboxylic acids is 2. The molecule has 0 aromatic rings. The number of alkyl carbamates (subject to hydrolysis) is 1. The van der Waals surface area contributed by atoms with Crippen LogP contribution in [0.1, 0.15) is 33.6 Å². The van der Waals surface area contributed by atoms with Crippen molar-refractivity contribution in [3.05, 3.63) is 0 Å². The van der Waals surface area contributed by atoms with Gasteiger partial charge < -0.3 is 15.2 Å². The fourth-order valence-electron chi connectivity index (χ4n) is 0.878. The molecule has 0 aliphatic carbocycles. The predicted molar refractivity (Wildman–Crippen MR) is 55.7 cm³/mol. The van der Waals surface area contributed by atoms with Crippen molar-refractivity contribution in [2.45, 2.75) is 45.3 Å². The summed E-state index contributed by atoms with van der Waals surface area (Å²) in [4.78, 5) is 31.9. The van der Waals surface area contributed by atoms with Gasteiger partial charge in [0, 0.05) is 6.42 Å². The van der Waals surface area contributed by atoms with Crippen LogP contribution in [-0.4, -0.2) is 35.1 Å². The molecule has 0 saturated heterocycles. The number of carbonyl (C=O) groups is 2. The lowest BCUT2D eigenvalue weighted by Gasteiger charge is -2.21. The highest BCUT2D eigenvalue weighted by Gasteiger charge is 2.19. The van der Waals surface area contributed by atoms with Crippen LogP contribution >= 0.6 is 0 Å². The van der Waals surface area contributed by atoms with Gasteiger partial charge in [-0.2, -0.15) is 0 Å². The second-order valence-corrected chi connectivity index (χ2v) is 4.25. The van der Waals surface area contributed by atoms with Gasteiger partial charge in [0.25, 0.3) is 0 Å². The molecule has 1 atom stereocenters. The highest BCUT2D eigenvalue weighted by molar-refractivity contribution is 5.74. The number of rotatable bonds is 5. The lowest BCUT2D eigenvalue weighted by Crippen LogP contribution is -2.40. The number of hydrogen-bond acceptors (Lipinski definition) is 4. The molecule has 6 heteroatoms. The van der Waals surface area contributed by atoms with Crippen molar-refractivity contribution in [1.82, 2.24) is 5.32 Å². The number of ether oxygens (including phenoxy) is 1. The summed E-state index contributed by atoms with van der Waals surface area (Å²) in [6.45, 7) is 5.05. The number of hydrogen-bond donors (Lipinski definition) is 2. The molecule has 1 amide bonds. The zero-order valence-electron chi connectivity index (χ0n) is 9.57. The molecule has 0 aromatic heterocycles. The molecule has 91 valence electrons. The molecule has 0 rings (SSSR count). The third-order valence-electron chi connectivity index (χ3n) is 1.48. The second-order valence-electron chi connectivity index (χ2n) is 4.25. The van der Waals surface area contributed by atoms with Gasteiger partial charge in [0.05, 0.1) is 6.04 Å². The Morgan fingerprint density at radius 1 is 1.44 bits per heavy atom. The maximum atomic E-state index is 11.2. The average Bonchev–Trinajstić information content (AvgIpc) is 2.08. The molecule has 0 heterocycles. The first-order valence-corrected chi connectivity index (χ1v) is 4.83. The van der Waals surface area contributed by atoms with Gasteiger partial charge in [-0.15, -0.1) is 0 Å². The molecule has 1 radical (unpaired) electrons. The van der Waals surface area contributed by atoms with E-state index < -0.39 is 23.7 Å². The summed E-state index contributed by atoms with van der Waals surface area (Å²) in [6.07, 6.45) is 0.576. The molecule has 0 aromatic carbocycles. The van der Waals surface area contributed by atoms with Crippen LogP contribution in [0.25, 0.3) is 0 Å². The van der Waals surface area contributed by atoms with Crippen molar-refractivity contribution in [3.63, 3.8) is 0 Å². The van der Waals surface area contributed by atoms with Crippen molar-refractivity contribution < 1.29 is 24.2 Å². The topological polar surface area (TPSA) is 92.7 Å². The first-order valence-electron chi connectivity index (χ1n) is 4.83. The lowest BCUT2D eigenvalue weighted by molar-refractivity contribution is -0.137. The Morgan fingerprint density at radius 3 is 2.38 bits per heavy atom. The Kier molecular flexibility index (Phi) is 5.49. The Balaban J connectivity index is 4.07. The first kappa shape index (κ1) is 14.4. The van der Waals surface area contributed by atoms with E-state index in [1.807, 2.05) is 0 Å². The minimum Gasteiger partial charge on any atom is -0.481 e. The van der Waals surface area contributed by atoms with Crippen LogP contribution in [0, 0.1) is 0 Å². The van der Waals surface area contributed by atoms with Gasteiger partial charge in [-0.1, -0.05) is 0 Å². The van der Waals surface area contributed by atoms with E-state index >= 15 is 0 Å². The normalized spacial score (nSPS) is 12.7. The van der Waals surface area contributed by atoms with Gasteiger partial charge >= 0.3 is 12.1 Å². The minimum absolute atomic E-state index is 0.00191. The van der Waals surface area contributed by atoms with Gasteiger partial charge in [-0.05, 0) is 27.2 Å². The molecule has 0 spiro atoms. The lowest BCUT2D eigenvalue weighted by atomic mass is 10.2. The third-order valence-corrected chi connectivity index (χ3v) is 1.48. The van der Waals surface area contributed by atoms with Gasteiger partial charge in [-0.3, -0.25) is 9.59 Å². The number of carboxylic acids is 1. The van der Waals surface area contributed by atoms with E-state index in [2.05, 4.69) is 5.32 Å². The van der Waals surface area contributed by atoms with E-state index in [-0.39, 0.29) is 12.8 Å². The maximum absolute atomic E-state index is 11.2. The molecular weight excluding hydrogens is 214 g/mol. The molecule has 0 bridgehead atoms. The van der Waals surface area contributed by atoms with E-state index in [4.69, 9.17) is 9.84 Å². The molecule has 0 saturated carbocycles. The van der Waals surface area contributed by atoms with Crippen molar-refractivity contribution in [3.8, 4) is 0 Å². The van der Waals surface area contributed by atoms with Crippen molar-refractivity contribution in [2.24, 2.45) is 0 Å². The Labute approximate surface area is 94.0 Å². The van der Waals surface area contributed by atoms with Gasteiger partial charge in [0.15, 0.2) is 0 Å². The molecule has 0 aliphatic rings. The van der Waals surface area contributed by atoms with E-state index in [0.717, 1.165) is 0 Å². The summed E-state index contributed by atoms with van der Waals surface area (Å²) >= 11 is 0. The third kappa shape index (κ3) is 7.78. The predicted octanol–water partition coefficient (Wildman–Crippen LogP) is 0.854. The van der Waals surface area contributed by atoms with Crippen LogP contribution < -0.4 is 5.32 Å². The molecule has 2 N–H and O–H groups in total. The second kappa shape index (κ2) is 6.09. The highest BCUT2D eigenvalue weighted by Crippen LogP contribution is 2.07. The molecule has 6 nitrogen and oxygen atoms in total. The smallest absolute Gasteiger partial charge is 0.408 e. The summed E-state index contributed by atoms with van der Waals surface area (Å²) in [6, 6.07) is -0.953. The summed E-state index contributed by atoms with van der Waals surface area (Å²) in [7, 11) is 0. The van der Waals surface area contributed by atoms with E-state index in [1.54, 1.807) is 27.1 Å². The largest absolute Gasteiger partial charge is 0.481 e. The quantitative estimate of drug-likeness (QED) is 0.730. The number of amides is 1. The molecular formula is C10H16NO5. The molecule has 0 aliphatic heterocycles. The van der Waals surface area contributed by atoms with E-state index in [1.165, 1.54) is 0 Å². The first-order chi connectivity index (χ1) is 7.24. The van der Waals surface area contributed by atoms with Gasteiger partial charge in [0.1, 0.15) is 5.60 Å². The maximum Gasteiger partial charge on any atom is 0.408 e. The van der Waals surface area contributed by atoms with Crippen LogP contribution in [0.3, 0.4) is 0 Å². The van der Waals surface area contributed by atoms with Crippen LogP contribution in [0.4, 0.5) is 4.79 Å². The zero-order valence-corrected chi connectivity index (χ0v) is 9.57. The monoisotopic (exact) mass is 230 g/mol. The van der Waals surface area contributed by atoms with Crippen LogP contribution in [0.2, 0.25) is 0 Å².